The van der Waals surface area contributed by atoms with E-state index in [0.29, 0.717) is 0 Å². The zero-order chi connectivity index (χ0) is 62.0. The maximum atomic E-state index is 2.54. The molecule has 0 radical (unpaired) electrons. The van der Waals surface area contributed by atoms with Crippen LogP contribution in [0.3, 0.4) is 0 Å². The fourth-order valence-electron chi connectivity index (χ4n) is 15.1. The number of fused-ring (bicyclic) bond motifs is 5. The summed E-state index contributed by atoms with van der Waals surface area (Å²) in [6, 6.07) is 130. The summed E-state index contributed by atoms with van der Waals surface area (Å²) < 4.78 is 5.09. The summed E-state index contributed by atoms with van der Waals surface area (Å²) in [4.78, 5) is 0. The first kappa shape index (κ1) is 55.2. The standard InChI is InChI=1S/C91H64N2/c1-91(2)81-59-71(92-83-55-49-69(57-79(83)87(65-37-19-7-20-38-65)89(92)67-41-23-9-24-42-67)85-73(61-29-11-3-12-30-61)45-27-46-74(85)62-31-13-4-14-32-62)51-53-77(81)78-54-52-72(60-82(78)91)93-84-56-50-70(58-80(84)88(66-39-21-8-22-40-66)90(93)68-43-25-10-26-44-68)86-75(63-33-15-5-16-34-63)47-28-48-76(86)64-35-17-6-18-36-64/h3-60H,1-2H3. The Labute approximate surface area is 543 Å². The minimum Gasteiger partial charge on any atom is -0.309 e. The van der Waals surface area contributed by atoms with E-state index in [1.165, 1.54) is 122 Å². The molecule has 1 aliphatic carbocycles. The van der Waals surface area contributed by atoms with Crippen LogP contribution >= 0.6 is 0 Å². The number of aromatic nitrogens is 2. The molecule has 0 bridgehead atoms. The van der Waals surface area contributed by atoms with Crippen LogP contribution in [0.25, 0.3) is 156 Å². The molecule has 17 rings (SSSR count). The van der Waals surface area contributed by atoms with Crippen molar-refractivity contribution in [1.82, 2.24) is 9.13 Å². The molecule has 438 valence electrons. The third-order valence-electron chi connectivity index (χ3n) is 19.4. The van der Waals surface area contributed by atoms with Gasteiger partial charge < -0.3 is 9.13 Å². The molecule has 2 heteroatoms. The summed E-state index contributed by atoms with van der Waals surface area (Å²) in [7, 11) is 0. The van der Waals surface area contributed by atoms with E-state index in [1.54, 1.807) is 0 Å². The molecule has 1 aliphatic rings. The summed E-state index contributed by atoms with van der Waals surface area (Å²) in [5.74, 6) is 0. The lowest BCUT2D eigenvalue weighted by molar-refractivity contribution is 0.659. The molecule has 0 amide bonds. The molecule has 0 atom stereocenters. The lowest BCUT2D eigenvalue weighted by atomic mass is 9.82. The maximum Gasteiger partial charge on any atom is 0.0619 e. The first-order chi connectivity index (χ1) is 45.9. The van der Waals surface area contributed by atoms with Gasteiger partial charge in [0, 0.05) is 38.7 Å². The van der Waals surface area contributed by atoms with E-state index in [0.717, 1.165) is 44.9 Å². The van der Waals surface area contributed by atoms with Gasteiger partial charge in [0.05, 0.1) is 22.4 Å². The van der Waals surface area contributed by atoms with Gasteiger partial charge in [0.15, 0.2) is 0 Å². The SMILES string of the molecule is CC1(C)c2cc(-n3c(-c4ccccc4)c(-c4ccccc4)c4cc(-c5c(-c6ccccc6)cccc5-c5ccccc5)ccc43)ccc2-c2ccc(-n3c(-c4ccccc4)c(-c4ccccc4)c4cc(-c5c(-c6ccccc6)cccc5-c5ccccc5)ccc43)cc21. The zero-order valence-corrected chi connectivity index (χ0v) is 51.9. The number of nitrogens with zero attached hydrogens (tertiary/aromatic N) is 2. The third kappa shape index (κ3) is 9.41. The molecule has 0 spiro atoms. The van der Waals surface area contributed by atoms with Gasteiger partial charge in [-0.2, -0.15) is 0 Å². The highest BCUT2D eigenvalue weighted by Gasteiger charge is 2.37. The molecule has 0 N–H and O–H groups in total. The molecule has 0 aliphatic heterocycles. The van der Waals surface area contributed by atoms with Crippen LogP contribution in [0.5, 0.6) is 0 Å². The van der Waals surface area contributed by atoms with E-state index in [-0.39, 0.29) is 5.41 Å². The molecule has 0 unspecified atom stereocenters. The fraction of sp³-hybridized carbons (Fsp3) is 0.0330. The van der Waals surface area contributed by atoms with E-state index in [9.17, 15) is 0 Å². The molecule has 16 aromatic rings. The smallest absolute Gasteiger partial charge is 0.0619 e. The van der Waals surface area contributed by atoms with Crippen LogP contribution < -0.4 is 0 Å². The van der Waals surface area contributed by atoms with Crippen LogP contribution in [0.15, 0.2) is 352 Å². The maximum absolute atomic E-state index is 2.54. The molecule has 0 saturated heterocycles. The number of benzene rings is 14. The monoisotopic (exact) mass is 1180 g/mol. The van der Waals surface area contributed by atoms with Crippen molar-refractivity contribution in [1.29, 1.82) is 0 Å². The van der Waals surface area contributed by atoms with E-state index < -0.39 is 0 Å². The number of hydrogen-bond donors (Lipinski definition) is 0. The Morgan fingerprint density at radius 1 is 0.204 bits per heavy atom. The summed E-state index contributed by atoms with van der Waals surface area (Å²) >= 11 is 0. The van der Waals surface area contributed by atoms with Gasteiger partial charge in [-0.1, -0.05) is 317 Å². The molecule has 93 heavy (non-hydrogen) atoms. The Hall–Kier alpha value is -11.8. The predicted molar refractivity (Wildman–Crippen MR) is 392 cm³/mol. The Morgan fingerprint density at radius 3 is 0.785 bits per heavy atom. The average molecular weight is 1190 g/mol. The molecule has 0 fully saturated rings. The Balaban J connectivity index is 0.856. The van der Waals surface area contributed by atoms with Crippen molar-refractivity contribution in [3.8, 4) is 134 Å². The predicted octanol–water partition coefficient (Wildman–Crippen LogP) is 24.6. The summed E-state index contributed by atoms with van der Waals surface area (Å²) in [5, 5.41) is 2.39. The largest absolute Gasteiger partial charge is 0.309 e. The lowest BCUT2D eigenvalue weighted by Crippen LogP contribution is -2.16. The molecule has 14 aromatic carbocycles. The summed E-state index contributed by atoms with van der Waals surface area (Å²) in [6.45, 7) is 4.85. The number of rotatable bonds is 12. The van der Waals surface area contributed by atoms with Crippen molar-refractivity contribution >= 4 is 21.8 Å². The average Bonchev–Trinajstić information content (AvgIpc) is 1.57. The molecule has 2 aromatic heterocycles. The van der Waals surface area contributed by atoms with E-state index in [4.69, 9.17) is 0 Å². The van der Waals surface area contributed by atoms with Gasteiger partial charge in [0.2, 0.25) is 0 Å². The van der Waals surface area contributed by atoms with Crippen LogP contribution in [0.2, 0.25) is 0 Å². The second-order valence-corrected chi connectivity index (χ2v) is 25.1. The Bertz CT molecular complexity index is 5000. The van der Waals surface area contributed by atoms with Crippen LogP contribution in [-0.4, -0.2) is 9.13 Å². The quantitative estimate of drug-likeness (QED) is 0.115. The fourth-order valence-corrected chi connectivity index (χ4v) is 15.1. The minimum atomic E-state index is -0.378. The molecular weight excluding hydrogens is 1120 g/mol. The highest BCUT2D eigenvalue weighted by atomic mass is 15.0. The molecule has 2 nitrogen and oxygen atoms in total. The Morgan fingerprint density at radius 2 is 0.484 bits per heavy atom. The van der Waals surface area contributed by atoms with Gasteiger partial charge in [-0.05, 0) is 160 Å². The number of hydrogen-bond acceptors (Lipinski definition) is 0. The lowest BCUT2D eigenvalue weighted by Gasteiger charge is -2.24. The van der Waals surface area contributed by atoms with E-state index in [2.05, 4.69) is 375 Å². The highest BCUT2D eigenvalue weighted by molar-refractivity contribution is 6.11. The highest BCUT2D eigenvalue weighted by Crippen LogP contribution is 2.54. The van der Waals surface area contributed by atoms with E-state index in [1.807, 2.05) is 0 Å². The normalized spacial score (nSPS) is 12.3. The second-order valence-electron chi connectivity index (χ2n) is 25.1. The van der Waals surface area contributed by atoms with Gasteiger partial charge in [-0.25, -0.2) is 0 Å². The third-order valence-corrected chi connectivity index (χ3v) is 19.4. The van der Waals surface area contributed by atoms with Crippen LogP contribution in [-0.2, 0) is 5.41 Å². The summed E-state index contributed by atoms with van der Waals surface area (Å²) in [6.07, 6.45) is 0. The first-order valence-electron chi connectivity index (χ1n) is 32.3. The van der Waals surface area contributed by atoms with Crippen LogP contribution in [0.4, 0.5) is 0 Å². The summed E-state index contributed by atoms with van der Waals surface area (Å²) in [5.41, 5.74) is 33.0. The van der Waals surface area contributed by atoms with Gasteiger partial charge >= 0.3 is 0 Å². The van der Waals surface area contributed by atoms with Crippen molar-refractivity contribution in [3.05, 3.63) is 363 Å². The first-order valence-corrected chi connectivity index (χ1v) is 32.3. The topological polar surface area (TPSA) is 9.86 Å². The zero-order valence-electron chi connectivity index (χ0n) is 51.9. The van der Waals surface area contributed by atoms with Gasteiger partial charge in [-0.3, -0.25) is 0 Å². The van der Waals surface area contributed by atoms with Crippen molar-refractivity contribution < 1.29 is 0 Å². The van der Waals surface area contributed by atoms with Crippen molar-refractivity contribution in [2.45, 2.75) is 19.3 Å². The van der Waals surface area contributed by atoms with E-state index >= 15 is 0 Å². The Kier molecular flexibility index (Phi) is 13.6. The van der Waals surface area contributed by atoms with Gasteiger partial charge in [-0.15, -0.1) is 0 Å². The molecule has 2 heterocycles. The van der Waals surface area contributed by atoms with Crippen molar-refractivity contribution in [2.24, 2.45) is 0 Å². The van der Waals surface area contributed by atoms with Gasteiger partial charge in [0.25, 0.3) is 0 Å². The van der Waals surface area contributed by atoms with Gasteiger partial charge in [0.1, 0.15) is 0 Å². The van der Waals surface area contributed by atoms with Crippen molar-refractivity contribution in [2.75, 3.05) is 0 Å². The molecular formula is C91H64N2. The minimum absolute atomic E-state index is 0.378. The molecule has 0 saturated carbocycles. The van der Waals surface area contributed by atoms with Crippen LogP contribution in [0.1, 0.15) is 25.0 Å². The van der Waals surface area contributed by atoms with Crippen LogP contribution in [0, 0.1) is 0 Å². The van der Waals surface area contributed by atoms with Crippen molar-refractivity contribution in [3.63, 3.8) is 0 Å². The second kappa shape index (κ2) is 22.9.